The minimum absolute atomic E-state index is 0.193. The molecule has 1 fully saturated rings. The van der Waals surface area contributed by atoms with Gasteiger partial charge >= 0.3 is 5.97 Å². The van der Waals surface area contributed by atoms with Crippen molar-refractivity contribution in [2.75, 3.05) is 26.7 Å². The van der Waals surface area contributed by atoms with Crippen LogP contribution in [0.4, 0.5) is 4.39 Å². The minimum Gasteiger partial charge on any atom is -0.466 e. The molecule has 0 N–H and O–H groups in total. The summed E-state index contributed by atoms with van der Waals surface area (Å²) in [5, 5.41) is 0. The van der Waals surface area contributed by atoms with E-state index in [0.29, 0.717) is 19.6 Å². The summed E-state index contributed by atoms with van der Waals surface area (Å²) in [7, 11) is 1.91. The van der Waals surface area contributed by atoms with E-state index in [1.807, 2.05) is 11.9 Å². The lowest BCUT2D eigenvalue weighted by atomic mass is 9.90. The van der Waals surface area contributed by atoms with Crippen LogP contribution >= 0.6 is 0 Å². The van der Waals surface area contributed by atoms with Crippen LogP contribution in [0.25, 0.3) is 0 Å². The Kier molecular flexibility index (Phi) is 4.51. The highest BCUT2D eigenvalue weighted by atomic mass is 19.1. The maximum Gasteiger partial charge on any atom is 0.305 e. The molecule has 1 unspecified atom stereocenters. The number of piperidine rings is 1. The molecule has 0 saturated carbocycles. The SMILES string of the molecule is CCOC(=O)CCC1(F)CCCN(C)C1. The second-order valence-electron chi connectivity index (χ2n) is 4.30. The Hall–Kier alpha value is -0.640. The number of nitrogens with zero attached hydrogens (tertiary/aromatic N) is 1. The van der Waals surface area contributed by atoms with Crippen molar-refractivity contribution in [1.29, 1.82) is 0 Å². The Morgan fingerprint density at radius 3 is 2.93 bits per heavy atom. The molecule has 0 radical (unpaired) electrons. The fourth-order valence-electron chi connectivity index (χ4n) is 2.07. The molecular formula is C11H20FNO2. The first-order valence-corrected chi connectivity index (χ1v) is 5.59. The first-order valence-electron chi connectivity index (χ1n) is 5.59. The van der Waals surface area contributed by atoms with Crippen molar-refractivity contribution in [3.8, 4) is 0 Å². The fourth-order valence-corrected chi connectivity index (χ4v) is 2.07. The second kappa shape index (κ2) is 5.45. The highest BCUT2D eigenvalue weighted by Crippen LogP contribution is 2.29. The van der Waals surface area contributed by atoms with E-state index in [2.05, 4.69) is 0 Å². The van der Waals surface area contributed by atoms with Crippen LogP contribution in [-0.2, 0) is 9.53 Å². The van der Waals surface area contributed by atoms with Crippen LogP contribution in [0.3, 0.4) is 0 Å². The summed E-state index contributed by atoms with van der Waals surface area (Å²) < 4.78 is 19.0. The quantitative estimate of drug-likeness (QED) is 0.672. The second-order valence-corrected chi connectivity index (χ2v) is 4.30. The molecule has 1 rings (SSSR count). The zero-order valence-corrected chi connectivity index (χ0v) is 9.59. The number of ether oxygens (including phenoxy) is 1. The van der Waals surface area contributed by atoms with Gasteiger partial charge in [-0.15, -0.1) is 0 Å². The molecule has 15 heavy (non-hydrogen) atoms. The number of carbonyl (C=O) groups excluding carboxylic acids is 1. The first kappa shape index (κ1) is 12.4. The van der Waals surface area contributed by atoms with Crippen LogP contribution in [0.5, 0.6) is 0 Å². The molecule has 88 valence electrons. The van der Waals surface area contributed by atoms with Crippen molar-refractivity contribution in [2.45, 2.75) is 38.3 Å². The third kappa shape index (κ3) is 4.16. The van der Waals surface area contributed by atoms with Crippen molar-refractivity contribution in [3.05, 3.63) is 0 Å². The number of esters is 1. The van der Waals surface area contributed by atoms with Crippen molar-refractivity contribution in [3.63, 3.8) is 0 Å². The minimum atomic E-state index is -1.19. The molecule has 1 heterocycles. The standard InChI is InChI=1S/C11H20FNO2/c1-3-15-10(14)5-7-11(12)6-4-8-13(2)9-11/h3-9H2,1-2H3. The van der Waals surface area contributed by atoms with Crippen LogP contribution in [0.1, 0.15) is 32.6 Å². The lowest BCUT2D eigenvalue weighted by Crippen LogP contribution is -2.43. The lowest BCUT2D eigenvalue weighted by molar-refractivity contribution is -0.144. The van der Waals surface area contributed by atoms with Crippen molar-refractivity contribution in [1.82, 2.24) is 4.90 Å². The zero-order chi connectivity index (χ0) is 11.3. The van der Waals surface area contributed by atoms with E-state index >= 15 is 0 Å². The number of hydrogen-bond donors (Lipinski definition) is 0. The smallest absolute Gasteiger partial charge is 0.305 e. The van der Waals surface area contributed by atoms with Crippen LogP contribution in [-0.4, -0.2) is 43.3 Å². The third-order valence-corrected chi connectivity index (χ3v) is 2.80. The van der Waals surface area contributed by atoms with Crippen molar-refractivity contribution < 1.29 is 13.9 Å². The maximum atomic E-state index is 14.2. The molecule has 1 aliphatic rings. The zero-order valence-electron chi connectivity index (χ0n) is 9.59. The summed E-state index contributed by atoms with van der Waals surface area (Å²) in [4.78, 5) is 13.1. The van der Waals surface area contributed by atoms with Gasteiger partial charge in [0.25, 0.3) is 0 Å². The molecule has 0 aromatic carbocycles. The van der Waals surface area contributed by atoms with E-state index in [1.54, 1.807) is 6.92 Å². The van der Waals surface area contributed by atoms with Gasteiger partial charge in [-0.25, -0.2) is 4.39 Å². The van der Waals surface area contributed by atoms with Gasteiger partial charge < -0.3 is 9.64 Å². The fraction of sp³-hybridized carbons (Fsp3) is 0.909. The van der Waals surface area contributed by atoms with Crippen LogP contribution in [0.2, 0.25) is 0 Å². The highest BCUT2D eigenvalue weighted by molar-refractivity contribution is 5.69. The molecule has 3 nitrogen and oxygen atoms in total. The molecule has 1 aliphatic heterocycles. The van der Waals surface area contributed by atoms with Crippen LogP contribution in [0, 0.1) is 0 Å². The molecule has 0 spiro atoms. The Balaban J connectivity index is 2.32. The van der Waals surface area contributed by atoms with E-state index in [4.69, 9.17) is 4.74 Å². The third-order valence-electron chi connectivity index (χ3n) is 2.80. The van der Waals surface area contributed by atoms with E-state index in [0.717, 1.165) is 13.0 Å². The largest absolute Gasteiger partial charge is 0.466 e. The van der Waals surface area contributed by atoms with E-state index < -0.39 is 5.67 Å². The Morgan fingerprint density at radius 1 is 1.60 bits per heavy atom. The Labute approximate surface area is 90.6 Å². The summed E-state index contributed by atoms with van der Waals surface area (Å²) in [6.45, 7) is 3.52. The van der Waals surface area contributed by atoms with Crippen molar-refractivity contribution >= 4 is 5.97 Å². The monoisotopic (exact) mass is 217 g/mol. The molecule has 0 aliphatic carbocycles. The molecule has 0 bridgehead atoms. The summed E-state index contributed by atoms with van der Waals surface area (Å²) in [6.07, 6.45) is 1.92. The van der Waals surface area contributed by atoms with Gasteiger partial charge in [0.15, 0.2) is 0 Å². The first-order chi connectivity index (χ1) is 7.06. The normalized spacial score (nSPS) is 27.7. The van der Waals surface area contributed by atoms with Crippen LogP contribution < -0.4 is 0 Å². The van der Waals surface area contributed by atoms with E-state index in [-0.39, 0.29) is 18.8 Å². The van der Waals surface area contributed by atoms with Gasteiger partial charge in [-0.3, -0.25) is 4.79 Å². The summed E-state index contributed by atoms with van der Waals surface area (Å²) in [5.74, 6) is -0.289. The molecule has 0 aromatic rings. The molecule has 4 heteroatoms. The van der Waals surface area contributed by atoms with Gasteiger partial charge in [-0.1, -0.05) is 0 Å². The van der Waals surface area contributed by atoms with Gasteiger partial charge in [-0.2, -0.15) is 0 Å². The number of halogens is 1. The number of rotatable bonds is 4. The Morgan fingerprint density at radius 2 is 2.33 bits per heavy atom. The van der Waals surface area contributed by atoms with Gasteiger partial charge in [0.1, 0.15) is 5.67 Å². The number of carbonyl (C=O) groups is 1. The van der Waals surface area contributed by atoms with Gasteiger partial charge in [0.2, 0.25) is 0 Å². The van der Waals surface area contributed by atoms with E-state index in [9.17, 15) is 9.18 Å². The number of hydrogen-bond acceptors (Lipinski definition) is 3. The number of alkyl halides is 1. The Bertz CT molecular complexity index is 223. The maximum absolute atomic E-state index is 14.2. The molecule has 1 saturated heterocycles. The highest BCUT2D eigenvalue weighted by Gasteiger charge is 2.34. The number of likely N-dealkylation sites (tertiary alicyclic amines) is 1. The van der Waals surface area contributed by atoms with Crippen molar-refractivity contribution in [2.24, 2.45) is 0 Å². The molecule has 0 amide bonds. The average Bonchev–Trinajstić information content (AvgIpc) is 2.15. The lowest BCUT2D eigenvalue weighted by Gasteiger charge is -2.35. The summed E-state index contributed by atoms with van der Waals surface area (Å²) >= 11 is 0. The predicted molar refractivity (Wildman–Crippen MR) is 56.4 cm³/mol. The summed E-state index contributed by atoms with van der Waals surface area (Å²) in [6, 6.07) is 0. The molecule has 0 aromatic heterocycles. The average molecular weight is 217 g/mol. The topological polar surface area (TPSA) is 29.5 Å². The van der Waals surface area contributed by atoms with Gasteiger partial charge in [0.05, 0.1) is 6.61 Å². The van der Waals surface area contributed by atoms with Gasteiger partial charge in [0, 0.05) is 13.0 Å². The summed E-state index contributed by atoms with van der Waals surface area (Å²) in [5.41, 5.74) is -1.19. The van der Waals surface area contributed by atoms with E-state index in [1.165, 1.54) is 0 Å². The van der Waals surface area contributed by atoms with Crippen LogP contribution in [0.15, 0.2) is 0 Å². The molecular weight excluding hydrogens is 197 g/mol. The molecule has 1 atom stereocenters. The van der Waals surface area contributed by atoms with Gasteiger partial charge in [-0.05, 0) is 39.8 Å². The predicted octanol–water partition coefficient (Wildman–Crippen LogP) is 1.76.